The maximum Gasteiger partial charge on any atom is -0.172 e. The molecule has 0 amide bonds. The minimum Gasteiger partial charge on any atom is -0.214 e. The van der Waals surface area contributed by atoms with Crippen LogP contribution in [0.2, 0.25) is 0 Å². The molecule has 0 heterocycles. The summed E-state index contributed by atoms with van der Waals surface area (Å²) in [7, 11) is 6.01. The van der Waals surface area contributed by atoms with Crippen LogP contribution in [0.4, 0.5) is 0 Å². The fourth-order valence-electron chi connectivity index (χ4n) is 0.949. The molecule has 0 saturated carbocycles. The van der Waals surface area contributed by atoms with E-state index >= 15 is 0 Å². The Morgan fingerprint density at radius 2 is 1.71 bits per heavy atom. The van der Waals surface area contributed by atoms with Gasteiger partial charge < -0.3 is 22.3 Å². The molecule has 0 aliphatic heterocycles. The van der Waals surface area contributed by atoms with E-state index in [2.05, 4.69) is 14.0 Å². The third kappa shape index (κ3) is 9.19. The Labute approximate surface area is 124 Å². The molecule has 0 fully saturated rings. The van der Waals surface area contributed by atoms with Gasteiger partial charge in [0.2, 0.25) is 0 Å². The van der Waals surface area contributed by atoms with Crippen molar-refractivity contribution < 1.29 is 41.6 Å². The number of hydrogen-bond acceptors (Lipinski definition) is 2. The van der Waals surface area contributed by atoms with E-state index in [1.165, 1.54) is 26.5 Å². The molecule has 0 spiro atoms. The van der Waals surface area contributed by atoms with Crippen LogP contribution in [-0.2, 0) is 24.1 Å². The number of methoxy groups -OCH3 is 1. The molecule has 2 nitrogen and oxygen atoms in total. The van der Waals surface area contributed by atoms with Gasteiger partial charge in [-0.05, 0) is 12.7 Å². The molecule has 0 radical (unpaired) electrons. The minimum absolute atomic E-state index is 0. The average molecular weight is 307 g/mol. The Morgan fingerprint density at radius 3 is 2.00 bits per heavy atom. The Kier molecular flexibility index (Phi) is 15.0. The largest absolute Gasteiger partial charge is 0.214 e. The van der Waals surface area contributed by atoms with Crippen LogP contribution < -0.4 is 17.5 Å². The summed E-state index contributed by atoms with van der Waals surface area (Å²) < 4.78 is 4.46. The first-order valence-corrected chi connectivity index (χ1v) is 6.65. The zero-order chi connectivity index (χ0) is 12.2. The molecule has 0 saturated heterocycles. The zero-order valence-electron chi connectivity index (χ0n) is 9.27. The van der Waals surface area contributed by atoms with Crippen LogP contribution in [0.15, 0.2) is 66.2 Å². The Bertz CT molecular complexity index is 312. The molecule has 17 heavy (non-hydrogen) atoms. The summed E-state index contributed by atoms with van der Waals surface area (Å²) in [5.74, 6) is -0.278. The van der Waals surface area contributed by atoms with Gasteiger partial charge in [-0.3, -0.25) is 0 Å². The second-order valence-corrected chi connectivity index (χ2v) is 2.63. The quantitative estimate of drug-likeness (QED) is 0.395. The monoisotopic (exact) mass is 306 g/mol. The van der Waals surface area contributed by atoms with Gasteiger partial charge in [-0.2, -0.15) is 18.2 Å². The fraction of sp³-hybridized carbons (Fsp3) is 0.0833. The average Bonchev–Trinajstić information content (AvgIpc) is 3.05. The number of halogens is 2. The second kappa shape index (κ2) is 13.5. The van der Waals surface area contributed by atoms with Crippen molar-refractivity contribution in [3.63, 3.8) is 0 Å². The molecule has 0 atom stereocenters. The van der Waals surface area contributed by atoms with Crippen molar-refractivity contribution in [1.82, 2.24) is 0 Å². The van der Waals surface area contributed by atoms with Gasteiger partial charge >= 0.3 is 28.7 Å². The van der Waals surface area contributed by atoms with Crippen molar-refractivity contribution in [2.24, 2.45) is 0 Å². The molecular weight excluding hydrogens is 295 g/mol. The minimum atomic E-state index is -0.278. The van der Waals surface area contributed by atoms with Crippen LogP contribution in [0, 0.1) is 0 Å². The summed E-state index contributed by atoms with van der Waals surface area (Å²) in [6.45, 7) is 0. The first-order chi connectivity index (χ1) is 7.84. The summed E-state index contributed by atoms with van der Waals surface area (Å²) in [4.78, 5) is 0. The molecule has 90 valence electrons. The molecule has 1 aromatic rings. The van der Waals surface area contributed by atoms with Gasteiger partial charge in [0.25, 0.3) is 0 Å². The topological polar surface area (TPSA) is 32.3 Å². The van der Waals surface area contributed by atoms with Crippen molar-refractivity contribution in [3.05, 3.63) is 66.2 Å². The molecule has 0 unspecified atom stereocenters. The van der Waals surface area contributed by atoms with Crippen LogP contribution in [0.3, 0.4) is 0 Å². The van der Waals surface area contributed by atoms with E-state index in [4.69, 9.17) is 0 Å². The molecule has 1 aliphatic carbocycles. The Morgan fingerprint density at radius 1 is 1.24 bits per heavy atom. The number of hydrogen-bond donors (Lipinski definition) is 0. The predicted octanol–water partition coefficient (Wildman–Crippen LogP) is -0.573. The van der Waals surface area contributed by atoms with Crippen molar-refractivity contribution in [3.8, 4) is 0 Å². The summed E-state index contributed by atoms with van der Waals surface area (Å²) in [6, 6.07) is 10.0. The van der Waals surface area contributed by atoms with Crippen LogP contribution >= 0.6 is 9.30 Å². The maximum absolute atomic E-state index is 10.7. The fourth-order valence-corrected chi connectivity index (χ4v) is 0.949. The van der Waals surface area contributed by atoms with Crippen LogP contribution in [0.5, 0.6) is 0 Å². The molecule has 0 bridgehead atoms. The number of ether oxygens (including phenoxy) is 1. The molecule has 0 N–H and O–H groups in total. The van der Waals surface area contributed by atoms with E-state index in [0.717, 1.165) is 0 Å². The predicted molar refractivity (Wildman–Crippen MR) is 60.2 cm³/mol. The smallest absolute Gasteiger partial charge is 0.172 e. The van der Waals surface area contributed by atoms with Crippen LogP contribution in [0.1, 0.15) is 0 Å². The molecule has 0 aromatic heterocycles. The van der Waals surface area contributed by atoms with Crippen molar-refractivity contribution in [1.29, 1.82) is 0 Å². The van der Waals surface area contributed by atoms with E-state index in [1.807, 2.05) is 30.3 Å². The van der Waals surface area contributed by atoms with E-state index in [9.17, 15) is 5.11 Å². The van der Waals surface area contributed by atoms with E-state index in [1.54, 1.807) is 24.3 Å². The van der Waals surface area contributed by atoms with Gasteiger partial charge in [-0.1, -0.05) is 24.3 Å². The van der Waals surface area contributed by atoms with Gasteiger partial charge in [-0.25, -0.2) is 12.1 Å². The van der Waals surface area contributed by atoms with E-state index in [0.29, 0.717) is 5.57 Å². The summed E-state index contributed by atoms with van der Waals surface area (Å²) in [5, 5.41) is 10.7. The van der Waals surface area contributed by atoms with Gasteiger partial charge in [0.15, 0.2) is 0 Å². The first kappa shape index (κ1) is 18.8. The number of allylic oxidation sites excluding steroid dienone is 5. The van der Waals surface area contributed by atoms with Crippen molar-refractivity contribution >= 4 is 9.30 Å². The summed E-state index contributed by atoms with van der Waals surface area (Å²) in [5.41, 5.74) is 0.609. The van der Waals surface area contributed by atoms with Gasteiger partial charge in [0.1, 0.15) is 0 Å². The van der Waals surface area contributed by atoms with Gasteiger partial charge in [0, 0.05) is 0 Å². The van der Waals surface area contributed by atoms with Crippen LogP contribution in [0.25, 0.3) is 0 Å². The Hall–Kier alpha value is -0.536. The second-order valence-electron chi connectivity index (χ2n) is 2.63. The summed E-state index contributed by atoms with van der Waals surface area (Å²) in [6.07, 6.45) is 7.02. The number of rotatable bonds is 1. The zero-order valence-corrected chi connectivity index (χ0v) is 12.3. The molecule has 1 aromatic carbocycles. The normalized spacial score (nSPS) is 10.5. The third-order valence-corrected chi connectivity index (χ3v) is 1.64. The third-order valence-electron chi connectivity index (χ3n) is 1.64. The Balaban J connectivity index is 0. The maximum atomic E-state index is 10.7. The van der Waals surface area contributed by atoms with Crippen molar-refractivity contribution in [2.45, 2.75) is 0 Å². The molecule has 2 rings (SSSR count). The van der Waals surface area contributed by atoms with E-state index < -0.39 is 0 Å². The molecule has 1 aliphatic rings. The van der Waals surface area contributed by atoms with Gasteiger partial charge in [-0.15, -0.1) is 0 Å². The van der Waals surface area contributed by atoms with Gasteiger partial charge in [0.05, 0.1) is 5.95 Å². The molecule has 5 heteroatoms. The standard InChI is InChI=1S/C7H8O2.C5H5.2ClH.Ti/c1-9-7(8)6-4-2-3-5-6;1-2-4-5-3-1;;;/h2-5,8H,1H3;1-5H;2*1H;/q;-1;;;+4/p-3. The summed E-state index contributed by atoms with van der Waals surface area (Å²) >= 11 is 1.47. The first-order valence-electron chi connectivity index (χ1n) is 4.50. The van der Waals surface area contributed by atoms with Crippen LogP contribution in [-0.4, -0.2) is 7.11 Å². The SMILES string of the molecule is COC([O-])=C1C=CC=C1.[Cl-].[Cl][Ti+3].c1cc[cH-]c1. The molecular formula is C12H12Cl2O2Ti. The van der Waals surface area contributed by atoms with E-state index in [-0.39, 0.29) is 18.4 Å². The van der Waals surface area contributed by atoms with Crippen molar-refractivity contribution in [2.75, 3.05) is 7.11 Å².